The van der Waals surface area contributed by atoms with Crippen molar-refractivity contribution < 1.29 is 23.1 Å². The number of carboxylic acids is 1. The zero-order chi connectivity index (χ0) is 19.6. The second-order valence-electron chi connectivity index (χ2n) is 5.58. The highest BCUT2D eigenvalue weighted by atomic mass is 19.4. The number of alkyl halides is 3. The Hall–Kier alpha value is -3.62. The van der Waals surface area contributed by atoms with E-state index in [2.05, 4.69) is 15.3 Å². The summed E-state index contributed by atoms with van der Waals surface area (Å²) in [6, 6.07) is 12.0. The molecule has 0 amide bonds. The summed E-state index contributed by atoms with van der Waals surface area (Å²) < 4.78 is 38.3. The number of nitrogens with two attached hydrogens (primary N) is 1. The van der Waals surface area contributed by atoms with E-state index in [0.717, 1.165) is 12.3 Å². The van der Waals surface area contributed by atoms with Gasteiger partial charge in [0.05, 0.1) is 5.56 Å². The zero-order valence-corrected chi connectivity index (χ0v) is 13.7. The number of nitrogens with one attached hydrogen (secondary N) is 1. The first-order valence-electron chi connectivity index (χ1n) is 7.64. The number of nitrogens with zero attached hydrogens (tertiary/aromatic N) is 2. The molecule has 0 aliphatic carbocycles. The minimum Gasteiger partial charge on any atom is -0.478 e. The molecule has 0 saturated heterocycles. The van der Waals surface area contributed by atoms with E-state index in [4.69, 9.17) is 5.73 Å². The van der Waals surface area contributed by atoms with Gasteiger partial charge in [-0.25, -0.2) is 14.8 Å². The van der Waals surface area contributed by atoms with Crippen LogP contribution in [0.1, 0.15) is 16.1 Å². The van der Waals surface area contributed by atoms with E-state index in [1.54, 1.807) is 30.3 Å². The largest absolute Gasteiger partial charge is 0.478 e. The average Bonchev–Trinajstić information content (AvgIpc) is 2.61. The minimum atomic E-state index is -4.57. The second-order valence-corrected chi connectivity index (χ2v) is 5.58. The summed E-state index contributed by atoms with van der Waals surface area (Å²) in [6.07, 6.45) is -3.56. The lowest BCUT2D eigenvalue weighted by Gasteiger charge is -2.10. The molecule has 1 heterocycles. The van der Waals surface area contributed by atoms with Gasteiger partial charge in [-0.05, 0) is 41.5 Å². The molecule has 0 atom stereocenters. The van der Waals surface area contributed by atoms with E-state index in [9.17, 15) is 23.1 Å². The molecule has 9 heteroatoms. The van der Waals surface area contributed by atoms with Crippen LogP contribution in [0.15, 0.2) is 54.7 Å². The fraction of sp³-hybridized carbons (Fsp3) is 0.0556. The minimum absolute atomic E-state index is 0.0351. The van der Waals surface area contributed by atoms with Gasteiger partial charge in [0, 0.05) is 17.6 Å². The standard InChI is InChI=1S/C18H13F3N4O2/c19-18(20,21)15-6-7-23-17(25-15)24-12-3-1-2-10(8-12)11-4-5-14(22)13(9-11)16(26)27/h1-9H,22H2,(H,26,27)(H,23,24,25). The summed E-state index contributed by atoms with van der Waals surface area (Å²) in [5.74, 6) is -1.36. The summed E-state index contributed by atoms with van der Waals surface area (Å²) >= 11 is 0. The van der Waals surface area contributed by atoms with Crippen molar-refractivity contribution in [1.82, 2.24) is 9.97 Å². The van der Waals surface area contributed by atoms with Crippen molar-refractivity contribution in [3.05, 3.63) is 66.0 Å². The molecule has 0 spiro atoms. The number of aromatic nitrogens is 2. The fourth-order valence-corrected chi connectivity index (χ4v) is 2.40. The van der Waals surface area contributed by atoms with Gasteiger partial charge in [-0.3, -0.25) is 0 Å². The third-order valence-electron chi connectivity index (χ3n) is 3.68. The predicted molar refractivity (Wildman–Crippen MR) is 93.6 cm³/mol. The lowest BCUT2D eigenvalue weighted by Crippen LogP contribution is -2.10. The number of rotatable bonds is 4. The molecular weight excluding hydrogens is 361 g/mol. The zero-order valence-electron chi connectivity index (χ0n) is 13.7. The van der Waals surface area contributed by atoms with Crippen LogP contribution in [0.2, 0.25) is 0 Å². The summed E-state index contributed by atoms with van der Waals surface area (Å²) in [7, 11) is 0. The van der Waals surface area contributed by atoms with E-state index in [-0.39, 0.29) is 17.2 Å². The van der Waals surface area contributed by atoms with Crippen molar-refractivity contribution in [2.45, 2.75) is 6.18 Å². The molecule has 0 bridgehead atoms. The first-order valence-corrected chi connectivity index (χ1v) is 7.64. The highest BCUT2D eigenvalue weighted by molar-refractivity contribution is 5.95. The molecule has 6 nitrogen and oxygen atoms in total. The maximum absolute atomic E-state index is 12.8. The van der Waals surface area contributed by atoms with Gasteiger partial charge in [0.1, 0.15) is 5.69 Å². The second kappa shape index (κ2) is 6.94. The van der Waals surface area contributed by atoms with Gasteiger partial charge in [0.2, 0.25) is 5.95 Å². The van der Waals surface area contributed by atoms with Crippen LogP contribution >= 0.6 is 0 Å². The summed E-state index contributed by atoms with van der Waals surface area (Å²) in [6.45, 7) is 0. The Morgan fingerprint density at radius 3 is 2.52 bits per heavy atom. The number of carbonyl (C=O) groups is 1. The summed E-state index contributed by atoms with van der Waals surface area (Å²) in [5, 5.41) is 11.9. The van der Waals surface area contributed by atoms with Crippen molar-refractivity contribution in [3.63, 3.8) is 0 Å². The van der Waals surface area contributed by atoms with Gasteiger partial charge in [-0.2, -0.15) is 13.2 Å². The Morgan fingerprint density at radius 1 is 1.07 bits per heavy atom. The molecule has 0 unspecified atom stereocenters. The smallest absolute Gasteiger partial charge is 0.433 e. The van der Waals surface area contributed by atoms with Crippen molar-refractivity contribution in [1.29, 1.82) is 0 Å². The highest BCUT2D eigenvalue weighted by Crippen LogP contribution is 2.29. The van der Waals surface area contributed by atoms with Gasteiger partial charge in [-0.15, -0.1) is 0 Å². The SMILES string of the molecule is Nc1ccc(-c2cccc(Nc3nccc(C(F)(F)F)n3)c2)cc1C(=O)O. The molecule has 3 aromatic rings. The summed E-state index contributed by atoms with van der Waals surface area (Å²) in [4.78, 5) is 18.5. The Morgan fingerprint density at radius 2 is 1.81 bits per heavy atom. The van der Waals surface area contributed by atoms with Gasteiger partial charge in [0.25, 0.3) is 0 Å². The van der Waals surface area contributed by atoms with Gasteiger partial charge in [-0.1, -0.05) is 18.2 Å². The van der Waals surface area contributed by atoms with Gasteiger partial charge < -0.3 is 16.2 Å². The molecule has 0 fully saturated rings. The molecule has 0 aliphatic rings. The van der Waals surface area contributed by atoms with E-state index >= 15 is 0 Å². The predicted octanol–water partition coefficient (Wildman–Crippen LogP) is 4.19. The molecule has 0 aliphatic heterocycles. The Kier molecular flexibility index (Phi) is 4.68. The van der Waals surface area contributed by atoms with E-state index in [1.165, 1.54) is 12.1 Å². The third-order valence-corrected chi connectivity index (χ3v) is 3.68. The van der Waals surface area contributed by atoms with E-state index in [0.29, 0.717) is 16.8 Å². The molecular formula is C18H13F3N4O2. The number of nitrogen functional groups attached to an aromatic ring is 1. The van der Waals surface area contributed by atoms with Crippen LogP contribution in [0.4, 0.5) is 30.5 Å². The lowest BCUT2D eigenvalue weighted by atomic mass is 10.0. The number of hydrogen-bond acceptors (Lipinski definition) is 5. The Labute approximate surface area is 151 Å². The number of aromatic carboxylic acids is 1. The number of carboxylic acid groups (broad SMARTS) is 1. The normalized spacial score (nSPS) is 11.2. The number of anilines is 3. The van der Waals surface area contributed by atoms with Crippen LogP contribution in [0.3, 0.4) is 0 Å². The molecule has 27 heavy (non-hydrogen) atoms. The van der Waals surface area contributed by atoms with Crippen molar-refractivity contribution >= 4 is 23.3 Å². The quantitative estimate of drug-likeness (QED) is 0.592. The van der Waals surface area contributed by atoms with Crippen LogP contribution in [-0.2, 0) is 6.18 Å². The molecule has 3 rings (SSSR count). The van der Waals surface area contributed by atoms with Crippen LogP contribution in [-0.4, -0.2) is 21.0 Å². The fourth-order valence-electron chi connectivity index (χ4n) is 2.40. The average molecular weight is 374 g/mol. The molecule has 2 aromatic carbocycles. The number of benzene rings is 2. The van der Waals surface area contributed by atoms with Crippen molar-refractivity contribution in [2.75, 3.05) is 11.1 Å². The maximum atomic E-state index is 12.8. The van der Waals surface area contributed by atoms with Crippen molar-refractivity contribution in [2.24, 2.45) is 0 Å². The molecule has 1 aromatic heterocycles. The van der Waals surface area contributed by atoms with Crippen LogP contribution in [0.5, 0.6) is 0 Å². The van der Waals surface area contributed by atoms with E-state index in [1.807, 2.05) is 0 Å². The Balaban J connectivity index is 1.91. The number of halogens is 3. The lowest BCUT2D eigenvalue weighted by molar-refractivity contribution is -0.141. The van der Waals surface area contributed by atoms with E-state index < -0.39 is 17.8 Å². The number of hydrogen-bond donors (Lipinski definition) is 3. The van der Waals surface area contributed by atoms with Crippen molar-refractivity contribution in [3.8, 4) is 11.1 Å². The third kappa shape index (κ3) is 4.14. The van der Waals surface area contributed by atoms with Gasteiger partial charge >= 0.3 is 12.1 Å². The first kappa shape index (κ1) is 18.2. The highest BCUT2D eigenvalue weighted by Gasteiger charge is 2.32. The van der Waals surface area contributed by atoms with Crippen LogP contribution in [0.25, 0.3) is 11.1 Å². The molecule has 138 valence electrons. The summed E-state index contributed by atoms with van der Waals surface area (Å²) in [5.41, 5.74) is 6.38. The maximum Gasteiger partial charge on any atom is 0.433 e. The van der Waals surface area contributed by atoms with Crippen LogP contribution < -0.4 is 11.1 Å². The molecule has 4 N–H and O–H groups in total. The Bertz CT molecular complexity index is 1010. The topological polar surface area (TPSA) is 101 Å². The molecule has 0 radical (unpaired) electrons. The molecule has 0 saturated carbocycles. The first-order chi connectivity index (χ1) is 12.7. The van der Waals surface area contributed by atoms with Crippen LogP contribution in [0, 0.1) is 0 Å². The van der Waals surface area contributed by atoms with Gasteiger partial charge in [0.15, 0.2) is 0 Å². The monoisotopic (exact) mass is 374 g/mol.